The molecule has 26 heavy (non-hydrogen) atoms. The number of H-pyrrole nitrogens is 1. The van der Waals surface area contributed by atoms with Crippen molar-refractivity contribution in [3.63, 3.8) is 0 Å². The normalized spacial score (nSPS) is 10.7. The monoisotopic (exact) mass is 352 g/mol. The largest absolute Gasteiger partial charge is 0.457 e. The van der Waals surface area contributed by atoms with Gasteiger partial charge in [0.05, 0.1) is 11.3 Å². The molecule has 0 aliphatic carbocycles. The number of esters is 1. The molecule has 7 nitrogen and oxygen atoms in total. The smallest absolute Gasteiger partial charge is 0.310 e. The van der Waals surface area contributed by atoms with Crippen molar-refractivity contribution in [2.75, 3.05) is 6.61 Å². The predicted molar refractivity (Wildman–Crippen MR) is 95.1 cm³/mol. The van der Waals surface area contributed by atoms with Gasteiger partial charge in [0.2, 0.25) is 5.78 Å². The molecule has 0 unspecified atom stereocenters. The van der Waals surface area contributed by atoms with E-state index in [1.165, 1.54) is 18.2 Å². The van der Waals surface area contributed by atoms with E-state index in [2.05, 4.69) is 4.98 Å². The SMILES string of the molecule is Cc1ccc(C(=O)COC(=O)Cc2c[nH]c3ccccc23)cc1[N+](=O)[O-]. The zero-order valence-corrected chi connectivity index (χ0v) is 14.0. The Kier molecular flexibility index (Phi) is 4.79. The van der Waals surface area contributed by atoms with Crippen LogP contribution in [0.25, 0.3) is 10.9 Å². The van der Waals surface area contributed by atoms with Crippen LogP contribution < -0.4 is 0 Å². The standard InChI is InChI=1S/C19H16N2O5/c1-12-6-7-13(8-17(12)21(24)25)18(22)11-26-19(23)9-14-10-20-16-5-3-2-4-15(14)16/h2-8,10,20H,9,11H2,1H3. The van der Waals surface area contributed by atoms with Gasteiger partial charge in [-0.25, -0.2) is 0 Å². The molecule has 1 heterocycles. The molecule has 0 radical (unpaired) electrons. The fourth-order valence-electron chi connectivity index (χ4n) is 2.69. The van der Waals surface area contributed by atoms with Crippen LogP contribution in [0.2, 0.25) is 0 Å². The first-order chi connectivity index (χ1) is 12.5. The van der Waals surface area contributed by atoms with Crippen molar-refractivity contribution in [2.45, 2.75) is 13.3 Å². The van der Waals surface area contributed by atoms with Gasteiger partial charge in [0.25, 0.3) is 5.69 Å². The number of nitro groups is 1. The Labute approximate surface area is 148 Å². The second-order valence-electron chi connectivity index (χ2n) is 5.88. The molecule has 0 aliphatic heterocycles. The summed E-state index contributed by atoms with van der Waals surface area (Å²) in [6.45, 7) is 1.13. The number of hydrogen-bond donors (Lipinski definition) is 1. The van der Waals surface area contributed by atoms with Gasteiger partial charge in [-0.3, -0.25) is 19.7 Å². The zero-order valence-electron chi connectivity index (χ0n) is 14.0. The Morgan fingerprint density at radius 1 is 1.19 bits per heavy atom. The van der Waals surface area contributed by atoms with Crippen molar-refractivity contribution in [2.24, 2.45) is 0 Å². The van der Waals surface area contributed by atoms with E-state index in [0.29, 0.717) is 5.56 Å². The number of benzene rings is 2. The van der Waals surface area contributed by atoms with Gasteiger partial charge >= 0.3 is 5.97 Å². The molecule has 0 spiro atoms. The van der Waals surface area contributed by atoms with Crippen molar-refractivity contribution < 1.29 is 19.2 Å². The van der Waals surface area contributed by atoms with Crippen molar-refractivity contribution in [1.29, 1.82) is 0 Å². The van der Waals surface area contributed by atoms with Gasteiger partial charge in [-0.2, -0.15) is 0 Å². The first-order valence-corrected chi connectivity index (χ1v) is 7.94. The lowest BCUT2D eigenvalue weighted by Crippen LogP contribution is -2.15. The molecule has 132 valence electrons. The quantitative estimate of drug-likeness (QED) is 0.317. The number of aromatic amines is 1. The van der Waals surface area contributed by atoms with E-state index in [-0.39, 0.29) is 17.7 Å². The minimum Gasteiger partial charge on any atom is -0.457 e. The number of aryl methyl sites for hydroxylation is 1. The molecule has 0 aliphatic rings. The third kappa shape index (κ3) is 3.61. The van der Waals surface area contributed by atoms with E-state index in [0.717, 1.165) is 16.5 Å². The molecule has 0 amide bonds. The Morgan fingerprint density at radius 3 is 2.73 bits per heavy atom. The number of carbonyl (C=O) groups is 2. The molecule has 1 N–H and O–H groups in total. The van der Waals surface area contributed by atoms with Gasteiger partial charge in [0.1, 0.15) is 0 Å². The lowest BCUT2D eigenvalue weighted by atomic mass is 10.1. The summed E-state index contributed by atoms with van der Waals surface area (Å²) in [4.78, 5) is 37.6. The van der Waals surface area contributed by atoms with Crippen LogP contribution in [0.15, 0.2) is 48.7 Å². The van der Waals surface area contributed by atoms with Crippen molar-refractivity contribution >= 4 is 28.3 Å². The summed E-state index contributed by atoms with van der Waals surface area (Å²) in [7, 11) is 0. The highest BCUT2D eigenvalue weighted by atomic mass is 16.6. The van der Waals surface area contributed by atoms with Crippen LogP contribution in [0.4, 0.5) is 5.69 Å². The molecular weight excluding hydrogens is 336 g/mol. The topological polar surface area (TPSA) is 102 Å². The van der Waals surface area contributed by atoms with Gasteiger partial charge in [-0.15, -0.1) is 0 Å². The highest BCUT2D eigenvalue weighted by Crippen LogP contribution is 2.20. The summed E-state index contributed by atoms with van der Waals surface area (Å²) in [6.07, 6.45) is 1.77. The lowest BCUT2D eigenvalue weighted by Gasteiger charge is -2.05. The maximum atomic E-state index is 12.1. The Balaban J connectivity index is 1.63. The number of para-hydroxylation sites is 1. The fourth-order valence-corrected chi connectivity index (χ4v) is 2.69. The summed E-state index contributed by atoms with van der Waals surface area (Å²) in [5.74, 6) is -1.02. The number of hydrogen-bond acceptors (Lipinski definition) is 5. The molecule has 3 rings (SSSR count). The summed E-state index contributed by atoms with van der Waals surface area (Å²) >= 11 is 0. The van der Waals surface area contributed by atoms with Gasteiger partial charge in [-0.05, 0) is 18.6 Å². The van der Waals surface area contributed by atoms with Crippen LogP contribution in [0.5, 0.6) is 0 Å². The van der Waals surface area contributed by atoms with Gasteiger partial charge in [0, 0.05) is 34.3 Å². The van der Waals surface area contributed by atoms with E-state index >= 15 is 0 Å². The number of nitro benzene ring substituents is 1. The first kappa shape index (κ1) is 17.3. The Bertz CT molecular complexity index is 1010. The number of fused-ring (bicyclic) bond motifs is 1. The number of ketones is 1. The van der Waals surface area contributed by atoms with Crippen LogP contribution in [-0.4, -0.2) is 28.3 Å². The molecule has 0 bridgehead atoms. The predicted octanol–water partition coefficient (Wildman–Crippen LogP) is 3.35. The second kappa shape index (κ2) is 7.18. The third-order valence-electron chi connectivity index (χ3n) is 4.10. The number of Topliss-reactive ketones (excluding diaryl/α,β-unsaturated/α-hetero) is 1. The highest BCUT2D eigenvalue weighted by molar-refractivity contribution is 5.98. The van der Waals surface area contributed by atoms with Gasteiger partial charge < -0.3 is 9.72 Å². The fraction of sp³-hybridized carbons (Fsp3) is 0.158. The van der Waals surface area contributed by atoms with Crippen molar-refractivity contribution in [1.82, 2.24) is 4.98 Å². The number of carbonyl (C=O) groups excluding carboxylic acids is 2. The lowest BCUT2D eigenvalue weighted by molar-refractivity contribution is -0.385. The van der Waals surface area contributed by atoms with E-state index < -0.39 is 23.3 Å². The van der Waals surface area contributed by atoms with E-state index in [4.69, 9.17) is 4.74 Å². The zero-order chi connectivity index (χ0) is 18.7. The number of rotatable bonds is 6. The maximum Gasteiger partial charge on any atom is 0.310 e. The maximum absolute atomic E-state index is 12.1. The minimum atomic E-state index is -0.546. The summed E-state index contributed by atoms with van der Waals surface area (Å²) in [5, 5.41) is 11.9. The van der Waals surface area contributed by atoms with E-state index in [1.807, 2.05) is 24.3 Å². The molecule has 0 atom stereocenters. The molecule has 2 aromatic carbocycles. The number of aromatic nitrogens is 1. The average Bonchev–Trinajstić information content (AvgIpc) is 3.03. The molecule has 7 heteroatoms. The van der Waals surface area contributed by atoms with Crippen LogP contribution in [0, 0.1) is 17.0 Å². The third-order valence-corrected chi connectivity index (χ3v) is 4.10. The average molecular weight is 352 g/mol. The summed E-state index contributed by atoms with van der Waals surface area (Å²) in [5.41, 5.74) is 2.16. The summed E-state index contributed by atoms with van der Waals surface area (Å²) < 4.78 is 5.04. The Morgan fingerprint density at radius 2 is 1.96 bits per heavy atom. The second-order valence-corrected chi connectivity index (χ2v) is 5.88. The molecule has 3 aromatic rings. The van der Waals surface area contributed by atoms with Crippen LogP contribution in [0.3, 0.4) is 0 Å². The van der Waals surface area contributed by atoms with E-state index in [1.54, 1.807) is 13.1 Å². The highest BCUT2D eigenvalue weighted by Gasteiger charge is 2.17. The van der Waals surface area contributed by atoms with Gasteiger partial charge in [-0.1, -0.05) is 30.3 Å². The van der Waals surface area contributed by atoms with Crippen LogP contribution in [-0.2, 0) is 16.0 Å². The van der Waals surface area contributed by atoms with E-state index in [9.17, 15) is 19.7 Å². The number of ether oxygens (including phenoxy) is 1. The molecular formula is C19H16N2O5. The van der Waals surface area contributed by atoms with Crippen molar-refractivity contribution in [3.8, 4) is 0 Å². The minimum absolute atomic E-state index is 0.0331. The molecule has 1 aromatic heterocycles. The number of nitrogens with one attached hydrogen (secondary N) is 1. The molecule has 0 saturated carbocycles. The van der Waals surface area contributed by atoms with Crippen molar-refractivity contribution in [3.05, 3.63) is 75.5 Å². The van der Waals surface area contributed by atoms with Crippen LogP contribution >= 0.6 is 0 Å². The van der Waals surface area contributed by atoms with Gasteiger partial charge in [0.15, 0.2) is 6.61 Å². The number of nitrogens with zero attached hydrogens (tertiary/aromatic N) is 1. The molecule has 0 saturated heterocycles. The summed E-state index contributed by atoms with van der Waals surface area (Å²) in [6, 6.07) is 11.7. The first-order valence-electron chi connectivity index (χ1n) is 7.94. The van der Waals surface area contributed by atoms with Crippen LogP contribution in [0.1, 0.15) is 21.5 Å². The Hall–Kier alpha value is -3.48. The molecule has 0 fully saturated rings.